The zero-order valence-corrected chi connectivity index (χ0v) is 8.75. The minimum absolute atomic E-state index is 0.0162. The van der Waals surface area contributed by atoms with Crippen LogP contribution < -0.4 is 4.74 Å². The van der Waals surface area contributed by atoms with Crippen molar-refractivity contribution in [2.75, 3.05) is 7.11 Å². The third kappa shape index (κ3) is 1.98. The van der Waals surface area contributed by atoms with E-state index >= 15 is 0 Å². The SMILES string of the molecule is COc1nc(C(=O)O)cc(C)c1Br. The molecule has 1 aromatic heterocycles. The van der Waals surface area contributed by atoms with Gasteiger partial charge in [-0.05, 0) is 34.5 Å². The minimum atomic E-state index is -1.06. The maximum atomic E-state index is 10.6. The van der Waals surface area contributed by atoms with Gasteiger partial charge >= 0.3 is 5.97 Å². The van der Waals surface area contributed by atoms with Crippen molar-refractivity contribution in [1.29, 1.82) is 0 Å². The van der Waals surface area contributed by atoms with Crippen molar-refractivity contribution >= 4 is 21.9 Å². The van der Waals surface area contributed by atoms with Crippen LogP contribution in [0.3, 0.4) is 0 Å². The molecule has 70 valence electrons. The van der Waals surface area contributed by atoms with E-state index in [1.807, 2.05) is 0 Å². The first-order valence-corrected chi connectivity index (χ1v) is 4.30. The quantitative estimate of drug-likeness (QED) is 0.865. The van der Waals surface area contributed by atoms with E-state index in [9.17, 15) is 4.79 Å². The Kier molecular flexibility index (Phi) is 2.87. The second-order valence-electron chi connectivity index (χ2n) is 2.45. The molecule has 4 nitrogen and oxygen atoms in total. The van der Waals surface area contributed by atoms with E-state index in [4.69, 9.17) is 9.84 Å². The first-order valence-electron chi connectivity index (χ1n) is 3.50. The third-order valence-electron chi connectivity index (χ3n) is 1.52. The number of hydrogen-bond donors (Lipinski definition) is 1. The Hall–Kier alpha value is -1.10. The maximum absolute atomic E-state index is 10.6. The summed E-state index contributed by atoms with van der Waals surface area (Å²) in [5, 5.41) is 8.69. The topological polar surface area (TPSA) is 59.4 Å². The van der Waals surface area contributed by atoms with Crippen LogP contribution in [-0.2, 0) is 0 Å². The number of methoxy groups -OCH3 is 1. The van der Waals surface area contributed by atoms with Crippen LogP contribution in [0.15, 0.2) is 10.5 Å². The number of carboxylic acid groups (broad SMARTS) is 1. The van der Waals surface area contributed by atoms with E-state index < -0.39 is 5.97 Å². The fourth-order valence-corrected chi connectivity index (χ4v) is 1.24. The molecule has 1 rings (SSSR count). The van der Waals surface area contributed by atoms with Crippen molar-refractivity contribution in [3.05, 3.63) is 21.8 Å². The van der Waals surface area contributed by atoms with Gasteiger partial charge in [0.15, 0.2) is 5.69 Å². The van der Waals surface area contributed by atoms with E-state index in [2.05, 4.69) is 20.9 Å². The molecule has 0 saturated carbocycles. The monoisotopic (exact) mass is 245 g/mol. The van der Waals surface area contributed by atoms with Gasteiger partial charge in [0.05, 0.1) is 11.6 Å². The predicted octanol–water partition coefficient (Wildman–Crippen LogP) is 1.86. The summed E-state index contributed by atoms with van der Waals surface area (Å²) in [5.74, 6) is -0.772. The molecule has 0 aliphatic rings. The normalized spacial score (nSPS) is 9.77. The highest BCUT2D eigenvalue weighted by molar-refractivity contribution is 9.10. The molecule has 0 aromatic carbocycles. The molecule has 0 saturated heterocycles. The molecular weight excluding hydrogens is 238 g/mol. The number of aromatic nitrogens is 1. The minimum Gasteiger partial charge on any atom is -0.480 e. The first-order chi connectivity index (χ1) is 6.06. The van der Waals surface area contributed by atoms with Crippen molar-refractivity contribution in [3.63, 3.8) is 0 Å². The molecule has 0 spiro atoms. The molecule has 5 heteroatoms. The Bertz CT molecular complexity index is 351. The fourth-order valence-electron chi connectivity index (χ4n) is 0.873. The molecule has 0 aliphatic heterocycles. The highest BCUT2D eigenvalue weighted by Crippen LogP contribution is 2.26. The molecule has 0 bridgehead atoms. The molecule has 0 fully saturated rings. The summed E-state index contributed by atoms with van der Waals surface area (Å²) in [6.45, 7) is 1.78. The zero-order chi connectivity index (χ0) is 10.0. The van der Waals surface area contributed by atoms with Gasteiger partial charge in [-0.25, -0.2) is 9.78 Å². The average Bonchev–Trinajstić information content (AvgIpc) is 2.09. The van der Waals surface area contributed by atoms with Crippen LogP contribution in [0.1, 0.15) is 16.1 Å². The standard InChI is InChI=1S/C8H8BrNO3/c1-4-3-5(8(11)12)10-7(13-2)6(4)9/h3H,1-2H3,(H,11,12). The van der Waals surface area contributed by atoms with Gasteiger partial charge in [0.1, 0.15) is 0 Å². The molecule has 0 atom stereocenters. The van der Waals surface area contributed by atoms with Crippen LogP contribution in [-0.4, -0.2) is 23.2 Å². The number of ether oxygens (including phenoxy) is 1. The van der Waals surface area contributed by atoms with Gasteiger partial charge < -0.3 is 9.84 Å². The van der Waals surface area contributed by atoms with E-state index in [0.717, 1.165) is 5.56 Å². The summed E-state index contributed by atoms with van der Waals surface area (Å²) >= 11 is 3.24. The second kappa shape index (κ2) is 3.74. The van der Waals surface area contributed by atoms with Crippen molar-refractivity contribution in [1.82, 2.24) is 4.98 Å². The number of rotatable bonds is 2. The van der Waals surface area contributed by atoms with Crippen molar-refractivity contribution in [2.45, 2.75) is 6.92 Å². The first kappa shape index (κ1) is 9.98. The average molecular weight is 246 g/mol. The van der Waals surface area contributed by atoms with Crippen LogP contribution >= 0.6 is 15.9 Å². The molecule has 0 unspecified atom stereocenters. The van der Waals surface area contributed by atoms with Crippen molar-refractivity contribution in [2.24, 2.45) is 0 Å². The number of carboxylic acids is 1. The lowest BCUT2D eigenvalue weighted by atomic mass is 10.2. The molecule has 1 N–H and O–H groups in total. The lowest BCUT2D eigenvalue weighted by molar-refractivity contribution is 0.0689. The summed E-state index contributed by atoms with van der Waals surface area (Å²) in [7, 11) is 1.44. The Morgan fingerprint density at radius 1 is 1.69 bits per heavy atom. The van der Waals surface area contributed by atoms with Gasteiger partial charge in [-0.2, -0.15) is 0 Å². The smallest absolute Gasteiger partial charge is 0.354 e. The lowest BCUT2D eigenvalue weighted by Gasteiger charge is -2.05. The van der Waals surface area contributed by atoms with Gasteiger partial charge in [-0.3, -0.25) is 0 Å². The molecular formula is C8H8BrNO3. The largest absolute Gasteiger partial charge is 0.480 e. The van der Waals surface area contributed by atoms with Gasteiger partial charge in [0.25, 0.3) is 0 Å². The fraction of sp³-hybridized carbons (Fsp3) is 0.250. The van der Waals surface area contributed by atoms with Gasteiger partial charge in [-0.15, -0.1) is 0 Å². The number of halogens is 1. The van der Waals surface area contributed by atoms with Gasteiger partial charge in [0, 0.05) is 0 Å². The van der Waals surface area contributed by atoms with Gasteiger partial charge in [-0.1, -0.05) is 0 Å². The van der Waals surface area contributed by atoms with E-state index in [1.165, 1.54) is 13.2 Å². The summed E-state index contributed by atoms with van der Waals surface area (Å²) in [4.78, 5) is 14.4. The summed E-state index contributed by atoms with van der Waals surface area (Å²) in [6.07, 6.45) is 0. The highest BCUT2D eigenvalue weighted by Gasteiger charge is 2.11. The Balaban J connectivity index is 3.30. The molecule has 0 aliphatic carbocycles. The third-order valence-corrected chi connectivity index (χ3v) is 2.49. The number of hydrogen-bond acceptors (Lipinski definition) is 3. The number of nitrogens with zero attached hydrogens (tertiary/aromatic N) is 1. The maximum Gasteiger partial charge on any atom is 0.354 e. The zero-order valence-electron chi connectivity index (χ0n) is 7.17. The van der Waals surface area contributed by atoms with Crippen molar-refractivity contribution < 1.29 is 14.6 Å². The molecule has 0 amide bonds. The van der Waals surface area contributed by atoms with E-state index in [-0.39, 0.29) is 11.6 Å². The van der Waals surface area contributed by atoms with Gasteiger partial charge in [0.2, 0.25) is 5.88 Å². The Morgan fingerprint density at radius 2 is 2.31 bits per heavy atom. The van der Waals surface area contributed by atoms with Crippen LogP contribution in [0, 0.1) is 6.92 Å². The lowest BCUT2D eigenvalue weighted by Crippen LogP contribution is -2.03. The number of aryl methyl sites for hydroxylation is 1. The summed E-state index contributed by atoms with van der Waals surface area (Å²) in [5.41, 5.74) is 0.766. The van der Waals surface area contributed by atoms with Crippen LogP contribution in [0.25, 0.3) is 0 Å². The van der Waals surface area contributed by atoms with Crippen LogP contribution in [0.2, 0.25) is 0 Å². The van der Waals surface area contributed by atoms with E-state index in [0.29, 0.717) is 4.47 Å². The number of carbonyl (C=O) groups is 1. The van der Waals surface area contributed by atoms with E-state index in [1.54, 1.807) is 6.92 Å². The van der Waals surface area contributed by atoms with Crippen LogP contribution in [0.5, 0.6) is 5.88 Å². The predicted molar refractivity (Wildman–Crippen MR) is 50.2 cm³/mol. The number of aromatic carboxylic acids is 1. The summed E-state index contributed by atoms with van der Waals surface area (Å²) < 4.78 is 5.58. The number of pyridine rings is 1. The van der Waals surface area contributed by atoms with Crippen molar-refractivity contribution in [3.8, 4) is 5.88 Å². The molecule has 0 radical (unpaired) electrons. The molecule has 1 aromatic rings. The molecule has 1 heterocycles. The molecule has 13 heavy (non-hydrogen) atoms. The van der Waals surface area contributed by atoms with Crippen LogP contribution in [0.4, 0.5) is 0 Å². The summed E-state index contributed by atoms with van der Waals surface area (Å²) in [6, 6.07) is 1.48. The Labute approximate surface area is 83.7 Å². The second-order valence-corrected chi connectivity index (χ2v) is 3.25. The Morgan fingerprint density at radius 3 is 2.77 bits per heavy atom. The highest BCUT2D eigenvalue weighted by atomic mass is 79.9.